The molecule has 0 heterocycles. The summed E-state index contributed by atoms with van der Waals surface area (Å²) in [5.74, 6) is 1.49. The summed E-state index contributed by atoms with van der Waals surface area (Å²) in [5.41, 5.74) is 1.99. The van der Waals surface area contributed by atoms with Crippen molar-refractivity contribution in [2.24, 2.45) is 0 Å². The van der Waals surface area contributed by atoms with E-state index in [1.54, 1.807) is 0 Å². The molecule has 2 aromatic carbocycles. The molecule has 0 unspecified atom stereocenters. The van der Waals surface area contributed by atoms with Crippen LogP contribution in [-0.2, 0) is 11.2 Å². The van der Waals surface area contributed by atoms with E-state index < -0.39 is 0 Å². The van der Waals surface area contributed by atoms with Gasteiger partial charge in [0, 0.05) is 5.69 Å². The number of carbonyl (C=O) groups excluding carboxylic acids is 1. The first-order valence-electron chi connectivity index (χ1n) is 6.44. The lowest BCUT2D eigenvalue weighted by Crippen LogP contribution is -2.11. The minimum Gasteiger partial charge on any atom is -0.457 e. The highest BCUT2D eigenvalue weighted by molar-refractivity contribution is 9.09. The van der Waals surface area contributed by atoms with Crippen LogP contribution in [0.5, 0.6) is 11.5 Å². The lowest BCUT2D eigenvalue weighted by atomic mass is 10.2. The Morgan fingerprint density at radius 2 is 1.90 bits per heavy atom. The number of halogens is 1. The van der Waals surface area contributed by atoms with E-state index in [2.05, 4.69) is 34.2 Å². The molecule has 0 spiro atoms. The molecule has 4 heteroatoms. The van der Waals surface area contributed by atoms with Crippen molar-refractivity contribution in [3.8, 4) is 11.5 Å². The first-order valence-corrected chi connectivity index (χ1v) is 7.56. The minimum atomic E-state index is -0.0747. The monoisotopic (exact) mass is 333 g/mol. The maximum atomic E-state index is 11.2. The van der Waals surface area contributed by atoms with E-state index in [0.717, 1.165) is 23.6 Å². The molecule has 1 N–H and O–H groups in total. The summed E-state index contributed by atoms with van der Waals surface area (Å²) in [5, 5.41) is 3.05. The Hall–Kier alpha value is -1.81. The van der Waals surface area contributed by atoms with Gasteiger partial charge in [0.15, 0.2) is 0 Å². The van der Waals surface area contributed by atoms with Crippen molar-refractivity contribution < 1.29 is 9.53 Å². The van der Waals surface area contributed by atoms with E-state index in [1.807, 2.05) is 42.5 Å². The number of nitrogens with one attached hydrogen (secondary N) is 1. The fraction of sp³-hybridized carbons (Fsp3) is 0.188. The summed E-state index contributed by atoms with van der Waals surface area (Å²) >= 11 is 3.11. The number of carbonyl (C=O) groups is 1. The molecule has 0 fully saturated rings. The van der Waals surface area contributed by atoms with Gasteiger partial charge in [-0.3, -0.25) is 4.79 Å². The second kappa shape index (κ2) is 7.10. The topological polar surface area (TPSA) is 38.3 Å². The van der Waals surface area contributed by atoms with E-state index in [0.29, 0.717) is 0 Å². The molecule has 0 atom stereocenters. The van der Waals surface area contributed by atoms with Gasteiger partial charge in [-0.2, -0.15) is 0 Å². The third kappa shape index (κ3) is 4.10. The van der Waals surface area contributed by atoms with Crippen LogP contribution in [-0.4, -0.2) is 11.2 Å². The predicted molar refractivity (Wildman–Crippen MR) is 84.8 cm³/mol. The summed E-state index contributed by atoms with van der Waals surface area (Å²) in [6.45, 7) is 2.11. The zero-order chi connectivity index (χ0) is 14.4. The largest absolute Gasteiger partial charge is 0.457 e. The van der Waals surface area contributed by atoms with Gasteiger partial charge >= 0.3 is 0 Å². The zero-order valence-corrected chi connectivity index (χ0v) is 12.8. The third-order valence-electron chi connectivity index (χ3n) is 2.80. The van der Waals surface area contributed by atoms with Gasteiger partial charge in [0.25, 0.3) is 0 Å². The maximum absolute atomic E-state index is 11.2. The molecule has 0 bridgehead atoms. The number of benzene rings is 2. The Kier molecular flexibility index (Phi) is 5.18. The van der Waals surface area contributed by atoms with E-state index in [1.165, 1.54) is 5.56 Å². The molecule has 2 aromatic rings. The standard InChI is InChI=1S/C16H16BrNO2/c1-2-12-4-3-5-15(10-12)20-14-8-6-13(7-9-14)18-16(19)11-17/h3-10H,2,11H2,1H3,(H,18,19). The van der Waals surface area contributed by atoms with E-state index in [9.17, 15) is 4.79 Å². The second-order valence-electron chi connectivity index (χ2n) is 4.31. The van der Waals surface area contributed by atoms with Crippen LogP contribution in [0.2, 0.25) is 0 Å². The lowest BCUT2D eigenvalue weighted by molar-refractivity contribution is -0.113. The summed E-state index contributed by atoms with van der Waals surface area (Å²) in [6.07, 6.45) is 0.981. The Bertz CT molecular complexity index is 581. The summed E-state index contributed by atoms with van der Waals surface area (Å²) in [7, 11) is 0. The molecule has 0 radical (unpaired) electrons. The van der Waals surface area contributed by atoms with Crippen molar-refractivity contribution >= 4 is 27.5 Å². The quantitative estimate of drug-likeness (QED) is 0.825. The van der Waals surface area contributed by atoms with Gasteiger partial charge in [0.05, 0.1) is 5.33 Å². The number of amides is 1. The average Bonchev–Trinajstić information content (AvgIpc) is 2.49. The average molecular weight is 334 g/mol. The number of rotatable bonds is 5. The van der Waals surface area contributed by atoms with Gasteiger partial charge in [-0.1, -0.05) is 35.0 Å². The number of hydrogen-bond acceptors (Lipinski definition) is 2. The molecule has 3 nitrogen and oxygen atoms in total. The molecule has 2 rings (SSSR count). The Balaban J connectivity index is 2.04. The van der Waals surface area contributed by atoms with Crippen molar-refractivity contribution in [3.63, 3.8) is 0 Å². The van der Waals surface area contributed by atoms with Gasteiger partial charge in [0.1, 0.15) is 11.5 Å². The van der Waals surface area contributed by atoms with Gasteiger partial charge in [-0.15, -0.1) is 0 Å². The fourth-order valence-electron chi connectivity index (χ4n) is 1.77. The molecule has 20 heavy (non-hydrogen) atoms. The zero-order valence-electron chi connectivity index (χ0n) is 11.2. The molecule has 0 aliphatic carbocycles. The van der Waals surface area contributed by atoms with Crippen molar-refractivity contribution in [1.29, 1.82) is 0 Å². The number of ether oxygens (including phenoxy) is 1. The van der Waals surface area contributed by atoms with E-state index >= 15 is 0 Å². The first-order chi connectivity index (χ1) is 9.71. The molecule has 104 valence electrons. The van der Waals surface area contributed by atoms with Crippen LogP contribution >= 0.6 is 15.9 Å². The highest BCUT2D eigenvalue weighted by atomic mass is 79.9. The number of anilines is 1. The Labute approximate surface area is 127 Å². The van der Waals surface area contributed by atoms with Crippen LogP contribution < -0.4 is 10.1 Å². The van der Waals surface area contributed by atoms with E-state index in [-0.39, 0.29) is 11.2 Å². The molecule has 0 aromatic heterocycles. The fourth-order valence-corrected chi connectivity index (χ4v) is 1.91. The van der Waals surface area contributed by atoms with Gasteiger partial charge in [-0.25, -0.2) is 0 Å². The van der Waals surface area contributed by atoms with Crippen LogP contribution in [0.15, 0.2) is 48.5 Å². The summed E-state index contributed by atoms with van der Waals surface area (Å²) in [6, 6.07) is 15.3. The summed E-state index contributed by atoms with van der Waals surface area (Å²) in [4.78, 5) is 11.2. The number of hydrogen-bond donors (Lipinski definition) is 1. The smallest absolute Gasteiger partial charge is 0.235 e. The molecule has 0 saturated carbocycles. The third-order valence-corrected chi connectivity index (χ3v) is 3.31. The number of alkyl halides is 1. The van der Waals surface area contributed by atoms with Crippen molar-refractivity contribution in [2.75, 3.05) is 10.6 Å². The minimum absolute atomic E-state index is 0.0747. The molecular formula is C16H16BrNO2. The summed E-state index contributed by atoms with van der Waals surface area (Å²) < 4.78 is 5.79. The van der Waals surface area contributed by atoms with Crippen LogP contribution in [0.1, 0.15) is 12.5 Å². The van der Waals surface area contributed by atoms with Crippen LogP contribution in [0.3, 0.4) is 0 Å². The van der Waals surface area contributed by atoms with Crippen molar-refractivity contribution in [2.45, 2.75) is 13.3 Å². The van der Waals surface area contributed by atoms with Crippen molar-refractivity contribution in [1.82, 2.24) is 0 Å². The van der Waals surface area contributed by atoms with Crippen LogP contribution in [0, 0.1) is 0 Å². The molecular weight excluding hydrogens is 318 g/mol. The highest BCUT2D eigenvalue weighted by Crippen LogP contribution is 2.24. The van der Waals surface area contributed by atoms with Crippen molar-refractivity contribution in [3.05, 3.63) is 54.1 Å². The maximum Gasteiger partial charge on any atom is 0.235 e. The SMILES string of the molecule is CCc1cccc(Oc2ccc(NC(=O)CBr)cc2)c1. The van der Waals surface area contributed by atoms with E-state index in [4.69, 9.17) is 4.74 Å². The molecule has 0 saturated heterocycles. The normalized spacial score (nSPS) is 10.1. The Morgan fingerprint density at radius 3 is 2.55 bits per heavy atom. The molecule has 0 aliphatic rings. The van der Waals surface area contributed by atoms with Gasteiger partial charge in [-0.05, 0) is 48.4 Å². The molecule has 0 aliphatic heterocycles. The van der Waals surface area contributed by atoms with Gasteiger partial charge < -0.3 is 10.1 Å². The van der Waals surface area contributed by atoms with Gasteiger partial charge in [0.2, 0.25) is 5.91 Å². The molecule has 1 amide bonds. The first kappa shape index (κ1) is 14.6. The van der Waals surface area contributed by atoms with Crippen LogP contribution in [0.4, 0.5) is 5.69 Å². The number of aryl methyl sites for hydroxylation is 1. The predicted octanol–water partition coefficient (Wildman–Crippen LogP) is 4.37. The van der Waals surface area contributed by atoms with Crippen LogP contribution in [0.25, 0.3) is 0 Å². The second-order valence-corrected chi connectivity index (χ2v) is 4.87. The Morgan fingerprint density at radius 1 is 1.15 bits per heavy atom. The lowest BCUT2D eigenvalue weighted by Gasteiger charge is -2.08. The highest BCUT2D eigenvalue weighted by Gasteiger charge is 2.01.